The van der Waals surface area contributed by atoms with Crippen molar-refractivity contribution >= 4 is 34.4 Å². The fraction of sp³-hybridized carbons (Fsp3) is 0.579. The van der Waals surface area contributed by atoms with Crippen LogP contribution in [-0.2, 0) is 6.67 Å². The number of nitrogens with one attached hydrogen (secondary N) is 1. The highest BCUT2D eigenvalue weighted by Gasteiger charge is 2.33. The number of fused-ring (bicyclic) bond motifs is 1. The van der Waals surface area contributed by atoms with E-state index in [2.05, 4.69) is 10.2 Å². The Morgan fingerprint density at radius 1 is 1.19 bits per heavy atom. The fourth-order valence-corrected chi connectivity index (χ4v) is 5.33. The summed E-state index contributed by atoms with van der Waals surface area (Å²) in [6.45, 7) is 1.99. The van der Waals surface area contributed by atoms with Gasteiger partial charge in [-0.2, -0.15) is 0 Å². The first kappa shape index (κ1) is 17.9. The molecule has 0 radical (unpaired) electrons. The number of benzene rings is 1. The van der Waals surface area contributed by atoms with Gasteiger partial charge in [0.25, 0.3) is 0 Å². The number of methoxy groups -OCH3 is 1. The third kappa shape index (κ3) is 3.94. The third-order valence-corrected chi connectivity index (χ3v) is 6.84. The zero-order chi connectivity index (χ0) is 17.9. The lowest BCUT2D eigenvalue weighted by atomic mass is 9.78. The van der Waals surface area contributed by atoms with Crippen LogP contribution in [-0.4, -0.2) is 34.4 Å². The van der Waals surface area contributed by atoms with E-state index in [4.69, 9.17) is 22.1 Å². The first-order valence-electron chi connectivity index (χ1n) is 9.46. The Bertz CT molecular complexity index is 784. The number of likely N-dealkylation sites (tertiary alicyclic amines) is 1. The number of rotatable bonds is 5. The molecular weight excluding hydrogens is 364 g/mol. The Labute approximate surface area is 164 Å². The second-order valence-electron chi connectivity index (χ2n) is 7.23. The van der Waals surface area contributed by atoms with Crippen molar-refractivity contribution < 1.29 is 4.74 Å². The first-order valence-corrected chi connectivity index (χ1v) is 10.7. The highest BCUT2D eigenvalue weighted by Crippen LogP contribution is 2.35. The van der Waals surface area contributed by atoms with E-state index in [9.17, 15) is 0 Å². The molecule has 2 fully saturated rings. The molecular formula is C19H26N4OS2. The van der Waals surface area contributed by atoms with Crippen LogP contribution >= 0.6 is 23.6 Å². The first-order chi connectivity index (χ1) is 12.7. The van der Waals surface area contributed by atoms with E-state index in [1.54, 1.807) is 7.11 Å². The van der Waals surface area contributed by atoms with Gasteiger partial charge in [-0.1, -0.05) is 24.2 Å². The number of hydrogen-bond donors (Lipinski definition) is 1. The van der Waals surface area contributed by atoms with E-state index >= 15 is 0 Å². The summed E-state index contributed by atoms with van der Waals surface area (Å²) < 4.78 is 8.02. The van der Waals surface area contributed by atoms with Gasteiger partial charge in [0.15, 0.2) is 3.95 Å². The van der Waals surface area contributed by atoms with Gasteiger partial charge < -0.3 is 10.1 Å². The SMILES string of the molecule is COc1ccc(Nc2nn(CN3CCC[C@H]4CCCC[C@@H]43)c(=S)s2)cc1. The van der Waals surface area contributed by atoms with Gasteiger partial charge in [-0.3, -0.25) is 4.90 Å². The molecule has 2 atom stereocenters. The summed E-state index contributed by atoms with van der Waals surface area (Å²) in [7, 11) is 1.67. The van der Waals surface area contributed by atoms with Crippen molar-refractivity contribution in [1.29, 1.82) is 0 Å². The number of nitrogens with zero attached hydrogens (tertiary/aromatic N) is 3. The monoisotopic (exact) mass is 390 g/mol. The summed E-state index contributed by atoms with van der Waals surface area (Å²) >= 11 is 7.11. The lowest BCUT2D eigenvalue weighted by Gasteiger charge is -2.43. The normalized spacial score (nSPS) is 23.4. The number of hydrogen-bond acceptors (Lipinski definition) is 6. The highest BCUT2D eigenvalue weighted by molar-refractivity contribution is 7.73. The summed E-state index contributed by atoms with van der Waals surface area (Å²) in [5.74, 6) is 1.73. The van der Waals surface area contributed by atoms with E-state index in [1.165, 1.54) is 56.4 Å². The van der Waals surface area contributed by atoms with Crippen LogP contribution in [0.25, 0.3) is 0 Å². The highest BCUT2D eigenvalue weighted by atomic mass is 32.1. The molecule has 1 aromatic carbocycles. The summed E-state index contributed by atoms with van der Waals surface area (Å²) in [5, 5.41) is 8.93. The number of piperidine rings is 1. The van der Waals surface area contributed by atoms with Crippen molar-refractivity contribution in [2.45, 2.75) is 51.2 Å². The van der Waals surface area contributed by atoms with Gasteiger partial charge in [-0.15, -0.1) is 5.10 Å². The smallest absolute Gasteiger partial charge is 0.209 e. The summed E-state index contributed by atoms with van der Waals surface area (Å²) in [4.78, 5) is 2.61. The van der Waals surface area contributed by atoms with Gasteiger partial charge in [0.05, 0.1) is 13.8 Å². The molecule has 2 aromatic rings. The topological polar surface area (TPSA) is 42.3 Å². The lowest BCUT2D eigenvalue weighted by Crippen LogP contribution is -2.47. The molecule has 5 nitrogen and oxygen atoms in total. The molecule has 1 saturated heterocycles. The minimum Gasteiger partial charge on any atom is -0.497 e. The largest absolute Gasteiger partial charge is 0.497 e. The van der Waals surface area contributed by atoms with Gasteiger partial charge >= 0.3 is 0 Å². The minimum absolute atomic E-state index is 0.721. The molecule has 0 unspecified atom stereocenters. The molecule has 1 aliphatic carbocycles. The molecule has 1 saturated carbocycles. The standard InChI is InChI=1S/C19H26N4OS2/c1-24-16-10-8-15(9-11-16)20-18-21-23(19(25)26-18)13-22-12-4-6-14-5-2-3-7-17(14)22/h8-11,14,17H,2-7,12-13H2,1H3,(H,20,21)/t14-,17+/m1/s1. The van der Waals surface area contributed by atoms with E-state index < -0.39 is 0 Å². The molecule has 26 heavy (non-hydrogen) atoms. The molecule has 0 bridgehead atoms. The fourth-order valence-electron chi connectivity index (χ4n) is 4.32. The van der Waals surface area contributed by atoms with Crippen molar-refractivity contribution in [2.75, 3.05) is 19.0 Å². The van der Waals surface area contributed by atoms with Gasteiger partial charge in [-0.05, 0) is 68.1 Å². The van der Waals surface area contributed by atoms with E-state index in [1.807, 2.05) is 28.9 Å². The van der Waals surface area contributed by atoms with Crippen molar-refractivity contribution in [3.05, 3.63) is 28.2 Å². The van der Waals surface area contributed by atoms with Crippen LogP contribution < -0.4 is 10.1 Å². The van der Waals surface area contributed by atoms with Crippen LogP contribution in [0.2, 0.25) is 0 Å². The number of anilines is 2. The Morgan fingerprint density at radius 3 is 2.77 bits per heavy atom. The molecule has 1 aromatic heterocycles. The summed E-state index contributed by atoms with van der Waals surface area (Å²) in [6.07, 6.45) is 8.20. The quantitative estimate of drug-likeness (QED) is 0.725. The van der Waals surface area contributed by atoms with Gasteiger partial charge in [0.2, 0.25) is 5.13 Å². The summed E-state index contributed by atoms with van der Waals surface area (Å²) in [6, 6.07) is 8.58. The maximum atomic E-state index is 5.58. The number of ether oxygens (including phenoxy) is 1. The van der Waals surface area contributed by atoms with Crippen molar-refractivity contribution in [3.63, 3.8) is 0 Å². The van der Waals surface area contributed by atoms with Gasteiger partial charge in [-0.25, -0.2) is 4.68 Å². The molecule has 2 aliphatic rings. The Morgan fingerprint density at radius 2 is 1.96 bits per heavy atom. The Kier molecular flexibility index (Phi) is 5.57. The van der Waals surface area contributed by atoms with Crippen LogP contribution in [0.3, 0.4) is 0 Å². The van der Waals surface area contributed by atoms with Crippen LogP contribution in [0, 0.1) is 9.87 Å². The van der Waals surface area contributed by atoms with Crippen LogP contribution in [0.1, 0.15) is 38.5 Å². The van der Waals surface area contributed by atoms with Crippen molar-refractivity contribution in [3.8, 4) is 5.75 Å². The predicted molar refractivity (Wildman–Crippen MR) is 109 cm³/mol. The zero-order valence-corrected chi connectivity index (χ0v) is 16.8. The van der Waals surface area contributed by atoms with E-state index in [-0.39, 0.29) is 0 Å². The Hall–Kier alpha value is -1.44. The molecule has 0 spiro atoms. The molecule has 140 valence electrons. The van der Waals surface area contributed by atoms with Crippen molar-refractivity contribution in [1.82, 2.24) is 14.7 Å². The average molecular weight is 391 g/mol. The second-order valence-corrected chi connectivity index (χ2v) is 8.86. The van der Waals surface area contributed by atoms with Gasteiger partial charge in [0.1, 0.15) is 5.75 Å². The van der Waals surface area contributed by atoms with E-state index in [0.717, 1.165) is 39.2 Å². The van der Waals surface area contributed by atoms with Crippen molar-refractivity contribution in [2.24, 2.45) is 5.92 Å². The van der Waals surface area contributed by atoms with E-state index in [0.29, 0.717) is 0 Å². The number of aromatic nitrogens is 2. The van der Waals surface area contributed by atoms with Crippen LogP contribution in [0.5, 0.6) is 5.75 Å². The Balaban J connectivity index is 1.45. The predicted octanol–water partition coefficient (Wildman–Crippen LogP) is 5.04. The van der Waals surface area contributed by atoms with Crippen LogP contribution in [0.15, 0.2) is 24.3 Å². The molecule has 7 heteroatoms. The molecule has 1 N–H and O–H groups in total. The minimum atomic E-state index is 0.721. The molecule has 4 rings (SSSR count). The van der Waals surface area contributed by atoms with Gasteiger partial charge in [0, 0.05) is 18.3 Å². The molecule has 2 heterocycles. The average Bonchev–Trinajstić information content (AvgIpc) is 3.01. The lowest BCUT2D eigenvalue weighted by molar-refractivity contribution is 0.0327. The maximum Gasteiger partial charge on any atom is 0.209 e. The van der Waals surface area contributed by atoms with Crippen LogP contribution in [0.4, 0.5) is 10.8 Å². The third-order valence-electron chi connectivity index (χ3n) is 5.62. The zero-order valence-electron chi connectivity index (χ0n) is 15.2. The molecule has 1 aliphatic heterocycles. The summed E-state index contributed by atoms with van der Waals surface area (Å²) in [5.41, 5.74) is 0.993. The maximum absolute atomic E-state index is 5.58. The molecule has 0 amide bonds. The second kappa shape index (κ2) is 8.06.